The lowest BCUT2D eigenvalue weighted by atomic mass is 9.78. The molecule has 0 aliphatic heterocycles. The molecule has 0 spiro atoms. The maximum atomic E-state index is 5.87. The SMILES string of the molecule is C[C@H](N)[C@H](C)C1CCCCC1. The zero-order valence-electron chi connectivity index (χ0n) is 7.84. The van der Waals surface area contributed by atoms with E-state index >= 15 is 0 Å². The molecule has 0 heterocycles. The van der Waals surface area contributed by atoms with E-state index in [1.54, 1.807) is 0 Å². The summed E-state index contributed by atoms with van der Waals surface area (Å²) in [6, 6.07) is 0.387. The predicted molar refractivity (Wildman–Crippen MR) is 49.4 cm³/mol. The van der Waals surface area contributed by atoms with Crippen LogP contribution in [-0.4, -0.2) is 6.04 Å². The number of rotatable bonds is 2. The van der Waals surface area contributed by atoms with Crippen LogP contribution in [0.5, 0.6) is 0 Å². The molecular weight excluding hydrogens is 134 g/mol. The number of nitrogens with two attached hydrogens (primary N) is 1. The van der Waals surface area contributed by atoms with Gasteiger partial charge in [0.05, 0.1) is 0 Å². The molecule has 0 amide bonds. The van der Waals surface area contributed by atoms with E-state index in [0.29, 0.717) is 6.04 Å². The van der Waals surface area contributed by atoms with Crippen molar-refractivity contribution in [3.8, 4) is 0 Å². The average molecular weight is 155 g/mol. The Balaban J connectivity index is 2.32. The van der Waals surface area contributed by atoms with Crippen molar-refractivity contribution < 1.29 is 0 Å². The molecule has 0 radical (unpaired) electrons. The Morgan fingerprint density at radius 2 is 1.64 bits per heavy atom. The van der Waals surface area contributed by atoms with Crippen LogP contribution >= 0.6 is 0 Å². The fourth-order valence-electron chi connectivity index (χ4n) is 2.09. The highest BCUT2D eigenvalue weighted by Crippen LogP contribution is 2.30. The van der Waals surface area contributed by atoms with Gasteiger partial charge in [0.2, 0.25) is 0 Å². The topological polar surface area (TPSA) is 26.0 Å². The minimum absolute atomic E-state index is 0.387. The van der Waals surface area contributed by atoms with Crippen molar-refractivity contribution in [2.24, 2.45) is 17.6 Å². The van der Waals surface area contributed by atoms with Crippen LogP contribution in [-0.2, 0) is 0 Å². The molecule has 1 nitrogen and oxygen atoms in total. The standard InChI is InChI=1S/C10H21N/c1-8(9(2)11)10-6-4-3-5-7-10/h8-10H,3-7,11H2,1-2H3/t8-,9-/m0/s1. The zero-order valence-corrected chi connectivity index (χ0v) is 7.84. The van der Waals surface area contributed by atoms with Crippen LogP contribution in [0.3, 0.4) is 0 Å². The summed E-state index contributed by atoms with van der Waals surface area (Å²) in [6.45, 7) is 4.44. The van der Waals surface area contributed by atoms with Crippen LogP contribution in [0, 0.1) is 11.8 Å². The molecule has 0 bridgehead atoms. The molecule has 2 atom stereocenters. The lowest BCUT2D eigenvalue weighted by molar-refractivity contribution is 0.239. The van der Waals surface area contributed by atoms with Crippen LogP contribution in [0.2, 0.25) is 0 Å². The molecule has 1 rings (SSSR count). The van der Waals surface area contributed by atoms with Crippen molar-refractivity contribution in [1.82, 2.24) is 0 Å². The van der Waals surface area contributed by atoms with Gasteiger partial charge in [0.1, 0.15) is 0 Å². The molecule has 11 heavy (non-hydrogen) atoms. The Morgan fingerprint density at radius 3 is 2.09 bits per heavy atom. The Morgan fingerprint density at radius 1 is 1.09 bits per heavy atom. The van der Waals surface area contributed by atoms with Crippen LogP contribution in [0.15, 0.2) is 0 Å². The smallest absolute Gasteiger partial charge is 0.00387 e. The van der Waals surface area contributed by atoms with Crippen LogP contribution in [0.1, 0.15) is 46.0 Å². The Hall–Kier alpha value is -0.0400. The maximum absolute atomic E-state index is 5.87. The van der Waals surface area contributed by atoms with Gasteiger partial charge in [0.25, 0.3) is 0 Å². The van der Waals surface area contributed by atoms with E-state index in [-0.39, 0.29) is 0 Å². The molecule has 0 unspecified atom stereocenters. The first-order valence-corrected chi connectivity index (χ1v) is 4.97. The van der Waals surface area contributed by atoms with E-state index in [9.17, 15) is 0 Å². The highest BCUT2D eigenvalue weighted by atomic mass is 14.6. The second-order valence-corrected chi connectivity index (χ2v) is 4.12. The molecular formula is C10H21N. The summed E-state index contributed by atoms with van der Waals surface area (Å²) in [4.78, 5) is 0. The fraction of sp³-hybridized carbons (Fsp3) is 1.00. The van der Waals surface area contributed by atoms with Crippen molar-refractivity contribution in [2.45, 2.75) is 52.0 Å². The first-order valence-electron chi connectivity index (χ1n) is 4.97. The molecule has 2 N–H and O–H groups in total. The molecule has 1 saturated carbocycles. The van der Waals surface area contributed by atoms with Crippen molar-refractivity contribution in [3.63, 3.8) is 0 Å². The molecule has 1 aliphatic carbocycles. The molecule has 0 aromatic heterocycles. The molecule has 0 aromatic carbocycles. The van der Waals surface area contributed by atoms with Gasteiger partial charge >= 0.3 is 0 Å². The maximum Gasteiger partial charge on any atom is 0.00387 e. The molecule has 66 valence electrons. The summed E-state index contributed by atoms with van der Waals surface area (Å²) in [5.41, 5.74) is 5.87. The van der Waals surface area contributed by atoms with E-state index in [1.165, 1.54) is 32.1 Å². The Bertz CT molecular complexity index is 103. The van der Waals surface area contributed by atoms with Gasteiger partial charge in [-0.1, -0.05) is 39.0 Å². The third-order valence-electron chi connectivity index (χ3n) is 3.22. The third-order valence-corrected chi connectivity index (χ3v) is 3.22. The van der Waals surface area contributed by atoms with Gasteiger partial charge < -0.3 is 5.73 Å². The van der Waals surface area contributed by atoms with Crippen molar-refractivity contribution in [3.05, 3.63) is 0 Å². The normalized spacial score (nSPS) is 26.5. The van der Waals surface area contributed by atoms with E-state index in [2.05, 4.69) is 13.8 Å². The first-order chi connectivity index (χ1) is 5.22. The summed E-state index contributed by atoms with van der Waals surface area (Å²) < 4.78 is 0. The van der Waals surface area contributed by atoms with Gasteiger partial charge in [-0.2, -0.15) is 0 Å². The second kappa shape index (κ2) is 4.10. The van der Waals surface area contributed by atoms with Gasteiger partial charge in [-0.3, -0.25) is 0 Å². The first kappa shape index (κ1) is 9.05. The van der Waals surface area contributed by atoms with Gasteiger partial charge in [0.15, 0.2) is 0 Å². The summed E-state index contributed by atoms with van der Waals surface area (Å²) in [5, 5.41) is 0. The summed E-state index contributed by atoms with van der Waals surface area (Å²) in [7, 11) is 0. The lowest BCUT2D eigenvalue weighted by Crippen LogP contribution is -2.31. The third kappa shape index (κ3) is 2.48. The highest BCUT2D eigenvalue weighted by Gasteiger charge is 2.21. The van der Waals surface area contributed by atoms with E-state index in [1.807, 2.05) is 0 Å². The fourth-order valence-corrected chi connectivity index (χ4v) is 2.09. The van der Waals surface area contributed by atoms with Crippen LogP contribution < -0.4 is 5.73 Å². The minimum Gasteiger partial charge on any atom is -0.328 e. The minimum atomic E-state index is 0.387. The van der Waals surface area contributed by atoms with Crippen LogP contribution in [0.25, 0.3) is 0 Å². The van der Waals surface area contributed by atoms with Crippen molar-refractivity contribution in [1.29, 1.82) is 0 Å². The van der Waals surface area contributed by atoms with E-state index in [4.69, 9.17) is 5.73 Å². The molecule has 0 aromatic rings. The summed E-state index contributed by atoms with van der Waals surface area (Å²) in [5.74, 6) is 1.65. The van der Waals surface area contributed by atoms with Gasteiger partial charge in [-0.05, 0) is 18.8 Å². The van der Waals surface area contributed by atoms with E-state index < -0.39 is 0 Å². The van der Waals surface area contributed by atoms with Gasteiger partial charge in [0, 0.05) is 6.04 Å². The molecule has 0 saturated heterocycles. The van der Waals surface area contributed by atoms with Gasteiger partial charge in [-0.25, -0.2) is 0 Å². The summed E-state index contributed by atoms with van der Waals surface area (Å²) >= 11 is 0. The lowest BCUT2D eigenvalue weighted by Gasteiger charge is -2.29. The zero-order chi connectivity index (χ0) is 8.27. The Labute approximate surface area is 70.4 Å². The van der Waals surface area contributed by atoms with Crippen LogP contribution in [0.4, 0.5) is 0 Å². The quantitative estimate of drug-likeness (QED) is 0.651. The average Bonchev–Trinajstić information content (AvgIpc) is 2.05. The largest absolute Gasteiger partial charge is 0.328 e. The van der Waals surface area contributed by atoms with Crippen molar-refractivity contribution >= 4 is 0 Å². The second-order valence-electron chi connectivity index (χ2n) is 4.12. The molecule has 1 heteroatoms. The van der Waals surface area contributed by atoms with Crippen molar-refractivity contribution in [2.75, 3.05) is 0 Å². The molecule has 1 aliphatic rings. The Kier molecular flexibility index (Phi) is 3.38. The van der Waals surface area contributed by atoms with E-state index in [0.717, 1.165) is 11.8 Å². The highest BCUT2D eigenvalue weighted by molar-refractivity contribution is 4.75. The van der Waals surface area contributed by atoms with Gasteiger partial charge in [-0.15, -0.1) is 0 Å². The number of hydrogen-bond acceptors (Lipinski definition) is 1. The number of hydrogen-bond donors (Lipinski definition) is 1. The monoisotopic (exact) mass is 155 g/mol. The molecule has 1 fully saturated rings. The predicted octanol–water partition coefficient (Wildman–Crippen LogP) is 2.55. The summed E-state index contributed by atoms with van der Waals surface area (Å²) in [6.07, 6.45) is 7.15.